The van der Waals surface area contributed by atoms with Crippen molar-refractivity contribution < 1.29 is 4.74 Å². The molecule has 2 rings (SSSR count). The predicted molar refractivity (Wildman–Crippen MR) is 42.9 cm³/mol. The number of pyridine rings is 1. The fourth-order valence-corrected chi connectivity index (χ4v) is 1.03. The summed E-state index contributed by atoms with van der Waals surface area (Å²) in [5.74, 6) is 0.701. The maximum atomic E-state index is 5.63. The van der Waals surface area contributed by atoms with Gasteiger partial charge >= 0.3 is 0 Å². The molecular weight excluding hydrogens is 164 g/mol. The zero-order valence-electron chi connectivity index (χ0n) is 5.62. The Morgan fingerprint density at radius 2 is 2.45 bits per heavy atom. The number of hydrogen-bond acceptors (Lipinski definition) is 3. The van der Waals surface area contributed by atoms with Crippen molar-refractivity contribution in [3.63, 3.8) is 0 Å². The van der Waals surface area contributed by atoms with E-state index in [-0.39, 0.29) is 0 Å². The summed E-state index contributed by atoms with van der Waals surface area (Å²) in [5, 5.41) is 0.431. The van der Waals surface area contributed by atoms with Crippen LogP contribution in [0.5, 0.6) is 5.75 Å². The van der Waals surface area contributed by atoms with Gasteiger partial charge in [0.05, 0.1) is 6.20 Å². The average Bonchev–Trinajstić information content (AvgIpc) is 2.04. The lowest BCUT2D eigenvalue weighted by Crippen LogP contribution is -2.02. The Kier molecular flexibility index (Phi) is 1.51. The second-order valence-corrected chi connectivity index (χ2v) is 2.48. The summed E-state index contributed by atoms with van der Waals surface area (Å²) in [5.41, 5.74) is 0.737. The highest BCUT2D eigenvalue weighted by atomic mass is 35.5. The van der Waals surface area contributed by atoms with Crippen molar-refractivity contribution in [3.8, 4) is 5.75 Å². The standard InChI is InChI=1S/C7H5ClN2O/c8-7-3-6-5(4-10-7)9-1-2-11-6/h1,3-4H,2H2. The molecule has 1 aliphatic heterocycles. The molecule has 0 aliphatic carbocycles. The molecule has 1 aliphatic rings. The molecule has 0 N–H and O–H groups in total. The summed E-state index contributed by atoms with van der Waals surface area (Å²) in [4.78, 5) is 7.93. The molecule has 0 spiro atoms. The maximum absolute atomic E-state index is 5.63. The number of ether oxygens (including phenoxy) is 1. The number of fused-ring (bicyclic) bond motifs is 1. The highest BCUT2D eigenvalue weighted by molar-refractivity contribution is 6.29. The van der Waals surface area contributed by atoms with Crippen molar-refractivity contribution in [2.75, 3.05) is 6.61 Å². The zero-order chi connectivity index (χ0) is 7.68. The lowest BCUT2D eigenvalue weighted by atomic mass is 10.4. The minimum absolute atomic E-state index is 0.431. The van der Waals surface area contributed by atoms with Crippen LogP contribution in [0.3, 0.4) is 0 Å². The van der Waals surface area contributed by atoms with Gasteiger partial charge in [-0.05, 0) is 0 Å². The molecule has 1 aromatic heterocycles. The van der Waals surface area contributed by atoms with Crippen LogP contribution in [0.15, 0.2) is 17.3 Å². The highest BCUT2D eigenvalue weighted by Gasteiger charge is 2.06. The third-order valence-corrected chi connectivity index (χ3v) is 1.56. The Hall–Kier alpha value is -1.09. The molecule has 1 aromatic rings. The van der Waals surface area contributed by atoms with E-state index >= 15 is 0 Å². The number of aromatic nitrogens is 1. The van der Waals surface area contributed by atoms with Gasteiger partial charge in [-0.2, -0.15) is 0 Å². The molecule has 0 unspecified atom stereocenters. The number of aliphatic imine (C=N–C) groups is 1. The molecule has 0 saturated carbocycles. The Morgan fingerprint density at radius 3 is 3.36 bits per heavy atom. The van der Waals surface area contributed by atoms with Gasteiger partial charge in [0, 0.05) is 12.3 Å². The van der Waals surface area contributed by atoms with Gasteiger partial charge in [0.25, 0.3) is 0 Å². The number of nitrogens with zero attached hydrogens (tertiary/aromatic N) is 2. The molecule has 0 aromatic carbocycles. The minimum Gasteiger partial charge on any atom is -0.485 e. The van der Waals surface area contributed by atoms with Crippen LogP contribution in [0.1, 0.15) is 0 Å². The van der Waals surface area contributed by atoms with Gasteiger partial charge in [-0.1, -0.05) is 11.6 Å². The van der Waals surface area contributed by atoms with Crippen LogP contribution in [0, 0.1) is 0 Å². The van der Waals surface area contributed by atoms with E-state index in [9.17, 15) is 0 Å². The molecule has 2 heterocycles. The summed E-state index contributed by atoms with van der Waals surface area (Å²) in [6, 6.07) is 1.66. The molecule has 0 radical (unpaired) electrons. The second kappa shape index (κ2) is 2.51. The fourth-order valence-electron chi connectivity index (χ4n) is 0.881. The third-order valence-electron chi connectivity index (χ3n) is 1.36. The molecule has 0 atom stereocenters. The van der Waals surface area contributed by atoms with Gasteiger partial charge in [-0.25, -0.2) is 4.98 Å². The Labute approximate surface area is 68.7 Å². The van der Waals surface area contributed by atoms with Crippen molar-refractivity contribution in [1.29, 1.82) is 0 Å². The molecule has 0 bridgehead atoms. The van der Waals surface area contributed by atoms with E-state index in [0.29, 0.717) is 17.5 Å². The van der Waals surface area contributed by atoms with Crippen molar-refractivity contribution in [2.24, 2.45) is 4.99 Å². The van der Waals surface area contributed by atoms with Crippen LogP contribution in [0.4, 0.5) is 5.69 Å². The summed E-state index contributed by atoms with van der Waals surface area (Å²) in [7, 11) is 0. The fraction of sp³-hybridized carbons (Fsp3) is 0.143. The van der Waals surface area contributed by atoms with Crippen LogP contribution < -0.4 is 4.74 Å². The van der Waals surface area contributed by atoms with Gasteiger partial charge in [0.15, 0.2) is 0 Å². The average molecular weight is 169 g/mol. The molecule has 0 amide bonds. The van der Waals surface area contributed by atoms with E-state index in [4.69, 9.17) is 16.3 Å². The molecule has 11 heavy (non-hydrogen) atoms. The molecule has 0 fully saturated rings. The monoisotopic (exact) mass is 168 g/mol. The predicted octanol–water partition coefficient (Wildman–Crippen LogP) is 1.83. The highest BCUT2D eigenvalue weighted by Crippen LogP contribution is 2.29. The molecular formula is C7H5ClN2O. The molecule has 3 nitrogen and oxygen atoms in total. The van der Waals surface area contributed by atoms with Gasteiger partial charge in [-0.3, -0.25) is 4.99 Å². The smallest absolute Gasteiger partial charge is 0.150 e. The van der Waals surface area contributed by atoms with E-state index < -0.39 is 0 Å². The molecule has 56 valence electrons. The van der Waals surface area contributed by atoms with Crippen LogP contribution in [0.2, 0.25) is 5.15 Å². The van der Waals surface area contributed by atoms with Crippen LogP contribution in [0.25, 0.3) is 0 Å². The third kappa shape index (κ3) is 1.19. The van der Waals surface area contributed by atoms with Gasteiger partial charge in [0.2, 0.25) is 0 Å². The SMILES string of the molecule is Clc1cc2c(cn1)N=CCO2. The summed E-state index contributed by atoms with van der Waals surface area (Å²) in [6.07, 6.45) is 3.28. The maximum Gasteiger partial charge on any atom is 0.150 e. The Bertz CT molecular complexity index is 311. The second-order valence-electron chi connectivity index (χ2n) is 2.10. The van der Waals surface area contributed by atoms with E-state index in [1.807, 2.05) is 0 Å². The first-order valence-corrected chi connectivity index (χ1v) is 3.55. The van der Waals surface area contributed by atoms with Gasteiger partial charge < -0.3 is 4.74 Å². The van der Waals surface area contributed by atoms with Crippen molar-refractivity contribution in [2.45, 2.75) is 0 Å². The summed E-state index contributed by atoms with van der Waals surface area (Å²) < 4.78 is 5.23. The van der Waals surface area contributed by atoms with Crippen LogP contribution in [-0.2, 0) is 0 Å². The van der Waals surface area contributed by atoms with E-state index in [0.717, 1.165) is 5.69 Å². The van der Waals surface area contributed by atoms with Gasteiger partial charge in [0.1, 0.15) is 23.2 Å². The zero-order valence-corrected chi connectivity index (χ0v) is 6.38. The van der Waals surface area contributed by atoms with E-state index in [1.165, 1.54) is 0 Å². The summed E-state index contributed by atoms with van der Waals surface area (Å²) in [6.45, 7) is 0.507. The first kappa shape index (κ1) is 6.61. The minimum atomic E-state index is 0.431. The van der Waals surface area contributed by atoms with E-state index in [2.05, 4.69) is 9.98 Å². The quantitative estimate of drug-likeness (QED) is 0.554. The largest absolute Gasteiger partial charge is 0.485 e. The van der Waals surface area contributed by atoms with Crippen molar-refractivity contribution in [1.82, 2.24) is 4.98 Å². The molecule has 0 saturated heterocycles. The number of rotatable bonds is 0. The van der Waals surface area contributed by atoms with E-state index in [1.54, 1.807) is 18.5 Å². The van der Waals surface area contributed by atoms with Crippen LogP contribution in [-0.4, -0.2) is 17.8 Å². The van der Waals surface area contributed by atoms with Crippen LogP contribution >= 0.6 is 11.6 Å². The first-order valence-electron chi connectivity index (χ1n) is 3.17. The number of halogens is 1. The number of hydrogen-bond donors (Lipinski definition) is 0. The first-order chi connectivity index (χ1) is 5.36. The van der Waals surface area contributed by atoms with Crippen molar-refractivity contribution in [3.05, 3.63) is 17.4 Å². The topological polar surface area (TPSA) is 34.5 Å². The summed E-state index contributed by atoms with van der Waals surface area (Å²) >= 11 is 5.63. The Morgan fingerprint density at radius 1 is 1.55 bits per heavy atom. The normalized spacial score (nSPS) is 13.9. The Balaban J connectivity index is 2.53. The lowest BCUT2D eigenvalue weighted by molar-refractivity contribution is 0.376. The lowest BCUT2D eigenvalue weighted by Gasteiger charge is -2.09. The van der Waals surface area contributed by atoms with Crippen molar-refractivity contribution >= 4 is 23.5 Å². The van der Waals surface area contributed by atoms with Gasteiger partial charge in [-0.15, -0.1) is 0 Å². The molecule has 4 heteroatoms.